The molecule has 21 heavy (non-hydrogen) atoms. The first kappa shape index (κ1) is 16.3. The number of carbonyl (C=O) groups is 1. The summed E-state index contributed by atoms with van der Waals surface area (Å²) in [5.41, 5.74) is 6.95. The smallest absolute Gasteiger partial charge is 0.260 e. The lowest BCUT2D eigenvalue weighted by molar-refractivity contribution is -0.133. The van der Waals surface area contributed by atoms with Crippen LogP contribution in [0.4, 0.5) is 0 Å². The largest absolute Gasteiger partial charge is 0.483 e. The van der Waals surface area contributed by atoms with Crippen molar-refractivity contribution < 1.29 is 9.53 Å². The quantitative estimate of drug-likeness (QED) is 0.818. The Balaban J connectivity index is 1.92. The fourth-order valence-corrected chi connectivity index (χ4v) is 2.95. The van der Waals surface area contributed by atoms with Gasteiger partial charge in [0.1, 0.15) is 5.75 Å². The van der Waals surface area contributed by atoms with Crippen molar-refractivity contribution in [1.82, 2.24) is 4.90 Å². The molecule has 1 aliphatic carbocycles. The standard InChI is InChI=1S/C16H23BrN2O2/c1-3-19(13-5-6-13)16(20)10-21-15-7-4-12(8-11(2)18)9-14(15)17/h4,7,9,11,13H,3,5-6,8,10,18H2,1-2H3. The zero-order valence-electron chi connectivity index (χ0n) is 12.6. The SMILES string of the molecule is CCN(C(=O)COc1ccc(CC(C)N)cc1Br)C1CC1. The van der Waals surface area contributed by atoms with Crippen LogP contribution in [0.3, 0.4) is 0 Å². The predicted molar refractivity (Wildman–Crippen MR) is 87.4 cm³/mol. The van der Waals surface area contributed by atoms with E-state index < -0.39 is 0 Å². The monoisotopic (exact) mass is 354 g/mol. The molecule has 1 amide bonds. The number of nitrogens with zero attached hydrogens (tertiary/aromatic N) is 1. The zero-order valence-corrected chi connectivity index (χ0v) is 14.2. The fraction of sp³-hybridized carbons (Fsp3) is 0.562. The first-order chi connectivity index (χ1) is 10.0. The maximum absolute atomic E-state index is 12.1. The molecule has 1 unspecified atom stereocenters. The molecule has 0 heterocycles. The summed E-state index contributed by atoms with van der Waals surface area (Å²) in [6.45, 7) is 4.83. The Morgan fingerprint density at radius 2 is 2.24 bits per heavy atom. The summed E-state index contributed by atoms with van der Waals surface area (Å²) in [4.78, 5) is 14.0. The Morgan fingerprint density at radius 3 is 2.76 bits per heavy atom. The average Bonchev–Trinajstić information content (AvgIpc) is 3.22. The van der Waals surface area contributed by atoms with Gasteiger partial charge in [-0.25, -0.2) is 0 Å². The van der Waals surface area contributed by atoms with Crippen LogP contribution >= 0.6 is 15.9 Å². The van der Waals surface area contributed by atoms with Crippen LogP contribution in [0.5, 0.6) is 5.75 Å². The summed E-state index contributed by atoms with van der Waals surface area (Å²) in [6, 6.07) is 6.45. The number of amides is 1. The maximum Gasteiger partial charge on any atom is 0.260 e. The van der Waals surface area contributed by atoms with Gasteiger partial charge in [0.05, 0.1) is 4.47 Å². The van der Waals surface area contributed by atoms with Gasteiger partial charge in [0, 0.05) is 18.6 Å². The summed E-state index contributed by atoms with van der Waals surface area (Å²) < 4.78 is 6.51. The second kappa shape index (κ2) is 7.27. The van der Waals surface area contributed by atoms with Crippen molar-refractivity contribution in [3.63, 3.8) is 0 Å². The number of hydrogen-bond donors (Lipinski definition) is 1. The summed E-state index contributed by atoms with van der Waals surface area (Å²) in [7, 11) is 0. The van der Waals surface area contributed by atoms with E-state index in [2.05, 4.69) is 15.9 Å². The molecule has 0 aliphatic heterocycles. The molecule has 2 N–H and O–H groups in total. The van der Waals surface area contributed by atoms with Crippen molar-refractivity contribution in [3.05, 3.63) is 28.2 Å². The summed E-state index contributed by atoms with van der Waals surface area (Å²) in [5, 5.41) is 0. The van der Waals surface area contributed by atoms with Crippen LogP contribution in [0.15, 0.2) is 22.7 Å². The second-order valence-electron chi connectivity index (χ2n) is 5.65. The summed E-state index contributed by atoms with van der Waals surface area (Å²) >= 11 is 3.49. The fourth-order valence-electron chi connectivity index (χ4n) is 2.41. The van der Waals surface area contributed by atoms with Crippen LogP contribution in [-0.4, -0.2) is 36.0 Å². The van der Waals surface area contributed by atoms with E-state index in [0.717, 1.165) is 35.8 Å². The lowest BCUT2D eigenvalue weighted by Gasteiger charge is -2.20. The van der Waals surface area contributed by atoms with E-state index in [0.29, 0.717) is 11.8 Å². The van der Waals surface area contributed by atoms with Gasteiger partial charge >= 0.3 is 0 Å². The number of benzene rings is 1. The number of rotatable bonds is 7. The van der Waals surface area contributed by atoms with Crippen LogP contribution in [0.25, 0.3) is 0 Å². The third-order valence-electron chi connectivity index (χ3n) is 3.55. The molecule has 0 radical (unpaired) electrons. The molecule has 0 bridgehead atoms. The van der Waals surface area contributed by atoms with Gasteiger partial charge in [0.2, 0.25) is 0 Å². The minimum absolute atomic E-state index is 0.0616. The van der Waals surface area contributed by atoms with E-state index in [1.54, 1.807) is 0 Å². The highest BCUT2D eigenvalue weighted by molar-refractivity contribution is 9.10. The molecule has 1 saturated carbocycles. The number of ether oxygens (including phenoxy) is 1. The molecular formula is C16H23BrN2O2. The molecule has 0 spiro atoms. The summed E-state index contributed by atoms with van der Waals surface area (Å²) in [5.74, 6) is 0.759. The lowest BCUT2D eigenvalue weighted by Crippen LogP contribution is -2.36. The number of halogens is 1. The van der Waals surface area contributed by atoms with Crippen molar-refractivity contribution in [1.29, 1.82) is 0 Å². The van der Waals surface area contributed by atoms with Gasteiger partial charge in [-0.15, -0.1) is 0 Å². The van der Waals surface area contributed by atoms with Crippen molar-refractivity contribution >= 4 is 21.8 Å². The van der Waals surface area contributed by atoms with Crippen molar-refractivity contribution in [2.75, 3.05) is 13.2 Å². The first-order valence-corrected chi connectivity index (χ1v) is 8.26. The van der Waals surface area contributed by atoms with Crippen LogP contribution in [0.1, 0.15) is 32.3 Å². The normalized spacial score (nSPS) is 15.6. The molecule has 2 rings (SSSR count). The number of nitrogens with two attached hydrogens (primary N) is 1. The van der Waals surface area contributed by atoms with Gasteiger partial charge in [0.15, 0.2) is 6.61 Å². The first-order valence-electron chi connectivity index (χ1n) is 7.47. The molecule has 1 aromatic rings. The van der Waals surface area contributed by atoms with Crippen molar-refractivity contribution in [2.45, 2.75) is 45.2 Å². The van der Waals surface area contributed by atoms with E-state index in [1.165, 1.54) is 0 Å². The van der Waals surface area contributed by atoms with E-state index >= 15 is 0 Å². The van der Waals surface area contributed by atoms with E-state index in [1.807, 2.05) is 36.9 Å². The van der Waals surface area contributed by atoms with Gasteiger partial charge in [-0.05, 0) is 66.7 Å². The third-order valence-corrected chi connectivity index (χ3v) is 4.17. The van der Waals surface area contributed by atoms with Gasteiger partial charge in [-0.2, -0.15) is 0 Å². The molecular weight excluding hydrogens is 332 g/mol. The van der Waals surface area contributed by atoms with Crippen LogP contribution in [0.2, 0.25) is 0 Å². The molecule has 1 atom stereocenters. The number of likely N-dealkylation sites (N-methyl/N-ethyl adjacent to an activating group) is 1. The molecule has 1 fully saturated rings. The highest BCUT2D eigenvalue weighted by atomic mass is 79.9. The lowest BCUT2D eigenvalue weighted by atomic mass is 10.1. The molecule has 0 saturated heterocycles. The highest BCUT2D eigenvalue weighted by Crippen LogP contribution is 2.28. The minimum atomic E-state index is 0.0616. The Bertz CT molecular complexity index is 501. The van der Waals surface area contributed by atoms with Crippen LogP contribution in [0, 0.1) is 0 Å². The molecule has 1 aliphatic rings. The Labute approximate surface area is 134 Å². The van der Waals surface area contributed by atoms with Gasteiger partial charge < -0.3 is 15.4 Å². The van der Waals surface area contributed by atoms with Gasteiger partial charge in [0.25, 0.3) is 5.91 Å². The van der Waals surface area contributed by atoms with Crippen LogP contribution < -0.4 is 10.5 Å². The van der Waals surface area contributed by atoms with E-state index in [9.17, 15) is 4.79 Å². The molecule has 1 aromatic carbocycles. The van der Waals surface area contributed by atoms with Gasteiger partial charge in [-0.1, -0.05) is 6.07 Å². The molecule has 0 aromatic heterocycles. The van der Waals surface area contributed by atoms with Crippen molar-refractivity contribution in [2.24, 2.45) is 5.73 Å². The topological polar surface area (TPSA) is 55.6 Å². The van der Waals surface area contributed by atoms with E-state index in [4.69, 9.17) is 10.5 Å². The van der Waals surface area contributed by atoms with E-state index in [-0.39, 0.29) is 18.6 Å². The maximum atomic E-state index is 12.1. The van der Waals surface area contributed by atoms with Crippen molar-refractivity contribution in [3.8, 4) is 5.75 Å². The zero-order chi connectivity index (χ0) is 15.4. The third kappa shape index (κ3) is 4.71. The average molecular weight is 355 g/mol. The Kier molecular flexibility index (Phi) is 5.65. The number of carbonyl (C=O) groups excluding carboxylic acids is 1. The molecule has 116 valence electrons. The predicted octanol–water partition coefficient (Wildman–Crippen LogP) is 2.73. The van der Waals surface area contributed by atoms with Crippen LogP contribution in [-0.2, 0) is 11.2 Å². The number of hydrogen-bond acceptors (Lipinski definition) is 3. The molecule has 4 nitrogen and oxygen atoms in total. The van der Waals surface area contributed by atoms with Gasteiger partial charge in [-0.3, -0.25) is 4.79 Å². The summed E-state index contributed by atoms with van der Waals surface area (Å²) in [6.07, 6.45) is 3.06. The molecule has 5 heteroatoms. The minimum Gasteiger partial charge on any atom is -0.483 e. The Morgan fingerprint density at radius 1 is 1.52 bits per heavy atom. The Hall–Kier alpha value is -1.07. The second-order valence-corrected chi connectivity index (χ2v) is 6.50. The highest BCUT2D eigenvalue weighted by Gasteiger charge is 2.31.